The monoisotopic (exact) mass is 436 g/mol. The number of hydrogen-bond acceptors (Lipinski definition) is 2. The molecule has 0 saturated carbocycles. The van der Waals surface area contributed by atoms with E-state index in [1.165, 1.54) is 5.56 Å². The normalized spacial score (nSPS) is 10.9. The summed E-state index contributed by atoms with van der Waals surface area (Å²) in [5, 5.41) is 3.10. The van der Waals surface area contributed by atoms with E-state index in [-0.39, 0.29) is 10.6 Å². The van der Waals surface area contributed by atoms with Crippen molar-refractivity contribution in [3.05, 3.63) is 96.9 Å². The molecule has 162 valence electrons. The van der Waals surface area contributed by atoms with Gasteiger partial charge in [-0.25, -0.2) is 0 Å². The minimum atomic E-state index is -0.429. The molecule has 1 amide bonds. The molecule has 0 saturated heterocycles. The van der Waals surface area contributed by atoms with E-state index in [4.69, 9.17) is 11.6 Å². The number of carbonyl (C=O) groups is 1. The molecule has 0 aliphatic carbocycles. The van der Waals surface area contributed by atoms with Crippen molar-refractivity contribution in [1.29, 1.82) is 0 Å². The second kappa shape index (κ2) is 9.52. The van der Waals surface area contributed by atoms with Gasteiger partial charge < -0.3 is 9.88 Å². The van der Waals surface area contributed by atoms with Gasteiger partial charge >= 0.3 is 0 Å². The molecule has 31 heavy (non-hydrogen) atoms. The number of aryl methyl sites for hydroxylation is 3. The van der Waals surface area contributed by atoms with Gasteiger partial charge in [-0.2, -0.15) is 0 Å². The van der Waals surface area contributed by atoms with Crippen molar-refractivity contribution in [1.82, 2.24) is 4.57 Å². The van der Waals surface area contributed by atoms with Crippen LogP contribution in [0.5, 0.6) is 0 Å². The molecule has 1 heterocycles. The maximum absolute atomic E-state index is 13.3. The number of carbonyl (C=O) groups excluding carboxylic acids is 1. The highest BCUT2D eigenvalue weighted by atomic mass is 35.5. The van der Waals surface area contributed by atoms with Gasteiger partial charge in [0.2, 0.25) is 5.43 Å². The molecular formula is C26H29ClN2O2. The molecule has 0 radical (unpaired) electrons. The van der Waals surface area contributed by atoms with E-state index in [1.54, 1.807) is 6.92 Å². The van der Waals surface area contributed by atoms with Gasteiger partial charge in [-0.05, 0) is 50.3 Å². The van der Waals surface area contributed by atoms with Crippen molar-refractivity contribution >= 4 is 23.2 Å². The smallest absolute Gasteiger partial charge is 0.261 e. The van der Waals surface area contributed by atoms with Gasteiger partial charge in [0.1, 0.15) is 10.6 Å². The number of nitrogens with zero attached hydrogens (tertiary/aromatic N) is 1. The summed E-state index contributed by atoms with van der Waals surface area (Å²) in [5.41, 5.74) is 6.06. The predicted molar refractivity (Wildman–Crippen MR) is 129 cm³/mol. The highest BCUT2D eigenvalue weighted by Gasteiger charge is 2.23. The number of aromatic nitrogens is 1. The summed E-state index contributed by atoms with van der Waals surface area (Å²) in [6, 6.07) is 14.2. The Hall–Kier alpha value is -2.85. The fraction of sp³-hybridized carbons (Fsp3) is 0.308. The van der Waals surface area contributed by atoms with E-state index in [9.17, 15) is 9.59 Å². The molecule has 0 spiro atoms. The van der Waals surface area contributed by atoms with E-state index in [1.807, 2.05) is 74.7 Å². The van der Waals surface area contributed by atoms with E-state index >= 15 is 0 Å². The van der Waals surface area contributed by atoms with Crippen LogP contribution in [0, 0.1) is 20.8 Å². The minimum Gasteiger partial charge on any atom is -0.342 e. The number of para-hydroxylation sites is 1. The summed E-state index contributed by atoms with van der Waals surface area (Å²) >= 11 is 6.40. The second-order valence-corrected chi connectivity index (χ2v) is 8.25. The van der Waals surface area contributed by atoms with Crippen molar-refractivity contribution in [3.8, 4) is 0 Å². The topological polar surface area (TPSA) is 51.1 Å². The van der Waals surface area contributed by atoms with Crippen LogP contribution in [-0.4, -0.2) is 10.5 Å². The Kier molecular flexibility index (Phi) is 7.01. The summed E-state index contributed by atoms with van der Waals surface area (Å²) in [7, 11) is 0. The van der Waals surface area contributed by atoms with Crippen LogP contribution in [0.2, 0.25) is 5.02 Å². The third-order valence-electron chi connectivity index (χ3n) is 5.84. The lowest BCUT2D eigenvalue weighted by Crippen LogP contribution is -2.29. The molecule has 0 atom stereocenters. The number of amides is 1. The van der Waals surface area contributed by atoms with Crippen LogP contribution in [0.4, 0.5) is 5.69 Å². The summed E-state index contributed by atoms with van der Waals surface area (Å²) in [4.78, 5) is 26.3. The SMILES string of the molecule is CCc1cccc(CC)c1NC(=O)c1c(C)n(Cc2ccc(C)cc2)c(C)c(Cl)c1=O. The number of hydrogen-bond donors (Lipinski definition) is 1. The maximum atomic E-state index is 13.3. The average molecular weight is 437 g/mol. The van der Waals surface area contributed by atoms with Crippen molar-refractivity contribution in [2.75, 3.05) is 5.32 Å². The van der Waals surface area contributed by atoms with Crippen molar-refractivity contribution < 1.29 is 4.79 Å². The number of pyridine rings is 1. The van der Waals surface area contributed by atoms with Gasteiger partial charge in [0, 0.05) is 23.6 Å². The van der Waals surface area contributed by atoms with Gasteiger partial charge in [0.15, 0.2) is 0 Å². The van der Waals surface area contributed by atoms with Crippen LogP contribution < -0.4 is 10.7 Å². The Morgan fingerprint density at radius 2 is 1.52 bits per heavy atom. The number of halogens is 1. The molecule has 4 nitrogen and oxygen atoms in total. The Bertz CT molecular complexity index is 1160. The van der Waals surface area contributed by atoms with Gasteiger partial charge in [0.05, 0.1) is 0 Å². The standard InChI is InChI=1S/C26H29ClN2O2/c1-6-20-9-8-10-21(7-2)24(20)28-26(31)22-17(4)29(18(5)23(27)25(22)30)15-19-13-11-16(3)12-14-19/h8-14H,6-7,15H2,1-5H3,(H,28,31). The Morgan fingerprint density at radius 1 is 0.935 bits per heavy atom. The second-order valence-electron chi connectivity index (χ2n) is 7.87. The number of benzene rings is 2. The highest BCUT2D eigenvalue weighted by Crippen LogP contribution is 2.24. The molecule has 1 N–H and O–H groups in total. The number of nitrogens with one attached hydrogen (secondary N) is 1. The molecule has 5 heteroatoms. The summed E-state index contributed by atoms with van der Waals surface area (Å²) in [6.45, 7) is 10.3. The largest absolute Gasteiger partial charge is 0.342 e. The van der Waals surface area contributed by atoms with Crippen LogP contribution in [0.1, 0.15) is 57.8 Å². The van der Waals surface area contributed by atoms with Gasteiger partial charge in [-0.1, -0.05) is 73.5 Å². The van der Waals surface area contributed by atoms with Crippen LogP contribution in [0.3, 0.4) is 0 Å². The Morgan fingerprint density at radius 3 is 2.06 bits per heavy atom. The first kappa shape index (κ1) is 22.8. The predicted octanol–water partition coefficient (Wildman–Crippen LogP) is 5.85. The number of anilines is 1. The highest BCUT2D eigenvalue weighted by molar-refractivity contribution is 6.31. The lowest BCUT2D eigenvalue weighted by atomic mass is 10.0. The van der Waals surface area contributed by atoms with Crippen molar-refractivity contribution in [2.24, 2.45) is 0 Å². The average Bonchev–Trinajstić information content (AvgIpc) is 2.76. The van der Waals surface area contributed by atoms with Gasteiger partial charge in [-0.3, -0.25) is 9.59 Å². The molecular weight excluding hydrogens is 408 g/mol. The molecule has 3 aromatic rings. The van der Waals surface area contributed by atoms with E-state index in [2.05, 4.69) is 5.32 Å². The quantitative estimate of drug-likeness (QED) is 0.526. The summed E-state index contributed by atoms with van der Waals surface area (Å²) < 4.78 is 1.94. The fourth-order valence-electron chi connectivity index (χ4n) is 3.90. The van der Waals surface area contributed by atoms with Crippen LogP contribution >= 0.6 is 11.6 Å². The zero-order valence-electron chi connectivity index (χ0n) is 18.8. The third kappa shape index (κ3) is 4.59. The summed E-state index contributed by atoms with van der Waals surface area (Å²) in [6.07, 6.45) is 1.57. The first-order valence-corrected chi connectivity index (χ1v) is 11.0. The van der Waals surface area contributed by atoms with E-state index < -0.39 is 11.3 Å². The molecule has 0 unspecified atom stereocenters. The van der Waals surface area contributed by atoms with E-state index in [0.717, 1.165) is 35.2 Å². The first-order valence-electron chi connectivity index (χ1n) is 10.7. The molecule has 2 aromatic carbocycles. The zero-order chi connectivity index (χ0) is 22.7. The first-order chi connectivity index (χ1) is 14.8. The maximum Gasteiger partial charge on any atom is 0.261 e. The molecule has 0 aliphatic rings. The molecule has 0 fully saturated rings. The Balaban J connectivity index is 2.07. The van der Waals surface area contributed by atoms with Crippen LogP contribution in [-0.2, 0) is 19.4 Å². The lowest BCUT2D eigenvalue weighted by Gasteiger charge is -2.20. The molecule has 0 aliphatic heterocycles. The molecule has 1 aromatic heterocycles. The van der Waals surface area contributed by atoms with Crippen LogP contribution in [0.15, 0.2) is 47.3 Å². The lowest BCUT2D eigenvalue weighted by molar-refractivity contribution is 0.102. The van der Waals surface area contributed by atoms with E-state index in [0.29, 0.717) is 17.9 Å². The van der Waals surface area contributed by atoms with Crippen molar-refractivity contribution in [2.45, 2.75) is 54.0 Å². The summed E-state index contributed by atoms with van der Waals surface area (Å²) in [5.74, 6) is -0.419. The Labute approximate surface area is 188 Å². The van der Waals surface area contributed by atoms with Gasteiger partial charge in [0.25, 0.3) is 5.91 Å². The number of rotatable bonds is 6. The third-order valence-corrected chi connectivity index (χ3v) is 6.29. The van der Waals surface area contributed by atoms with Crippen LogP contribution in [0.25, 0.3) is 0 Å². The van der Waals surface area contributed by atoms with Gasteiger partial charge in [-0.15, -0.1) is 0 Å². The molecule has 3 rings (SSSR count). The zero-order valence-corrected chi connectivity index (χ0v) is 19.6. The molecule has 0 bridgehead atoms. The van der Waals surface area contributed by atoms with Crippen molar-refractivity contribution in [3.63, 3.8) is 0 Å². The fourth-order valence-corrected chi connectivity index (χ4v) is 4.10. The minimum absolute atomic E-state index is 0.0855.